The first-order valence-corrected chi connectivity index (χ1v) is 5.00. The minimum Gasteiger partial charge on any atom is -0.382 e. The summed E-state index contributed by atoms with van der Waals surface area (Å²) in [4.78, 5) is 11.7. The van der Waals surface area contributed by atoms with Crippen molar-refractivity contribution in [2.24, 2.45) is 11.3 Å². The van der Waals surface area contributed by atoms with Gasteiger partial charge in [0, 0.05) is 18.4 Å². The van der Waals surface area contributed by atoms with Crippen LogP contribution in [0.4, 0.5) is 0 Å². The number of Topliss-reactive ketones (excluding diaryl/α,β-unsaturated/α-hetero) is 1. The summed E-state index contributed by atoms with van der Waals surface area (Å²) in [7, 11) is 1.63. The second-order valence-corrected chi connectivity index (χ2v) is 4.58. The number of hydrogen-bond acceptors (Lipinski definition) is 3. The summed E-state index contributed by atoms with van der Waals surface area (Å²) < 4.78 is 10.1. The zero-order valence-corrected chi connectivity index (χ0v) is 9.92. The standard InChI is InChI=1S/C11H22O3/c1-9(8-14-7-6-13-5)10(12)11(2,3)4/h9H,6-8H2,1-5H3. The van der Waals surface area contributed by atoms with Gasteiger partial charge in [-0.25, -0.2) is 0 Å². The summed E-state index contributed by atoms with van der Waals surface area (Å²) in [6.07, 6.45) is 0. The lowest BCUT2D eigenvalue weighted by molar-refractivity contribution is -0.131. The van der Waals surface area contributed by atoms with Crippen LogP contribution in [-0.4, -0.2) is 32.7 Å². The summed E-state index contributed by atoms with van der Waals surface area (Å²) in [5, 5.41) is 0. The van der Waals surface area contributed by atoms with Crippen LogP contribution in [-0.2, 0) is 14.3 Å². The quantitative estimate of drug-likeness (QED) is 0.617. The Labute approximate surface area is 86.8 Å². The lowest BCUT2D eigenvalue weighted by atomic mass is 9.84. The second kappa shape index (κ2) is 6.14. The first-order chi connectivity index (χ1) is 6.39. The average molecular weight is 202 g/mol. The monoisotopic (exact) mass is 202 g/mol. The van der Waals surface area contributed by atoms with Gasteiger partial charge in [0.25, 0.3) is 0 Å². The molecule has 14 heavy (non-hydrogen) atoms. The maximum atomic E-state index is 11.7. The summed E-state index contributed by atoms with van der Waals surface area (Å²) in [5.74, 6) is 0.210. The van der Waals surface area contributed by atoms with Gasteiger partial charge in [0.15, 0.2) is 0 Å². The molecular formula is C11H22O3. The van der Waals surface area contributed by atoms with Crippen molar-refractivity contribution in [1.29, 1.82) is 0 Å². The molecule has 3 nitrogen and oxygen atoms in total. The molecule has 0 spiro atoms. The molecule has 0 heterocycles. The number of hydrogen-bond donors (Lipinski definition) is 0. The molecule has 0 bridgehead atoms. The van der Waals surface area contributed by atoms with Crippen LogP contribution in [0.1, 0.15) is 27.7 Å². The molecule has 3 heteroatoms. The number of methoxy groups -OCH3 is 1. The molecule has 1 unspecified atom stereocenters. The summed E-state index contributed by atoms with van der Waals surface area (Å²) >= 11 is 0. The third-order valence-corrected chi connectivity index (χ3v) is 1.99. The Hall–Kier alpha value is -0.410. The van der Waals surface area contributed by atoms with Gasteiger partial charge >= 0.3 is 0 Å². The van der Waals surface area contributed by atoms with E-state index >= 15 is 0 Å². The zero-order valence-electron chi connectivity index (χ0n) is 9.92. The van der Waals surface area contributed by atoms with Crippen LogP contribution >= 0.6 is 0 Å². The van der Waals surface area contributed by atoms with E-state index in [-0.39, 0.29) is 17.1 Å². The third kappa shape index (κ3) is 5.35. The van der Waals surface area contributed by atoms with E-state index in [1.54, 1.807) is 7.11 Å². The van der Waals surface area contributed by atoms with E-state index in [9.17, 15) is 4.79 Å². The fraction of sp³-hybridized carbons (Fsp3) is 0.909. The smallest absolute Gasteiger partial charge is 0.143 e. The van der Waals surface area contributed by atoms with E-state index in [4.69, 9.17) is 9.47 Å². The molecule has 0 saturated heterocycles. The molecule has 0 saturated carbocycles. The van der Waals surface area contributed by atoms with Crippen LogP contribution in [0, 0.1) is 11.3 Å². The Morgan fingerprint density at radius 1 is 1.29 bits per heavy atom. The minimum atomic E-state index is -0.274. The van der Waals surface area contributed by atoms with Crippen molar-refractivity contribution in [3.63, 3.8) is 0 Å². The second-order valence-electron chi connectivity index (χ2n) is 4.58. The number of rotatable bonds is 6. The van der Waals surface area contributed by atoms with E-state index in [0.717, 1.165) is 0 Å². The Kier molecular flexibility index (Phi) is 5.96. The molecule has 0 radical (unpaired) electrons. The van der Waals surface area contributed by atoms with Crippen molar-refractivity contribution in [1.82, 2.24) is 0 Å². The van der Waals surface area contributed by atoms with Gasteiger partial charge in [-0.2, -0.15) is 0 Å². The van der Waals surface area contributed by atoms with Gasteiger partial charge in [0.2, 0.25) is 0 Å². The first kappa shape index (κ1) is 13.6. The van der Waals surface area contributed by atoms with E-state index in [0.29, 0.717) is 19.8 Å². The topological polar surface area (TPSA) is 35.5 Å². The number of ketones is 1. The molecule has 1 atom stereocenters. The first-order valence-electron chi connectivity index (χ1n) is 5.00. The number of carbonyl (C=O) groups excluding carboxylic acids is 1. The Morgan fingerprint density at radius 2 is 1.86 bits per heavy atom. The maximum Gasteiger partial charge on any atom is 0.143 e. The van der Waals surface area contributed by atoms with Crippen LogP contribution in [0.5, 0.6) is 0 Å². The van der Waals surface area contributed by atoms with Crippen LogP contribution < -0.4 is 0 Å². The van der Waals surface area contributed by atoms with Gasteiger partial charge in [-0.15, -0.1) is 0 Å². The Morgan fingerprint density at radius 3 is 2.29 bits per heavy atom. The van der Waals surface area contributed by atoms with Gasteiger partial charge in [-0.1, -0.05) is 27.7 Å². The highest BCUT2D eigenvalue weighted by Gasteiger charge is 2.26. The van der Waals surface area contributed by atoms with Crippen molar-refractivity contribution in [3.8, 4) is 0 Å². The highest BCUT2D eigenvalue weighted by atomic mass is 16.5. The predicted molar refractivity (Wildman–Crippen MR) is 56.3 cm³/mol. The lowest BCUT2D eigenvalue weighted by Gasteiger charge is -2.21. The fourth-order valence-electron chi connectivity index (χ4n) is 1.22. The molecule has 0 fully saturated rings. The van der Waals surface area contributed by atoms with Crippen LogP contribution in [0.25, 0.3) is 0 Å². The molecule has 0 N–H and O–H groups in total. The number of carbonyl (C=O) groups is 1. The Balaban J connectivity index is 3.74. The molecule has 0 aliphatic heterocycles. The van der Waals surface area contributed by atoms with Crippen LogP contribution in [0.15, 0.2) is 0 Å². The van der Waals surface area contributed by atoms with E-state index in [1.165, 1.54) is 0 Å². The van der Waals surface area contributed by atoms with E-state index in [2.05, 4.69) is 0 Å². The van der Waals surface area contributed by atoms with Crippen LogP contribution in [0.2, 0.25) is 0 Å². The normalized spacial score (nSPS) is 14.1. The molecule has 0 aromatic carbocycles. The van der Waals surface area contributed by atoms with Gasteiger partial charge in [-0.3, -0.25) is 4.79 Å². The van der Waals surface area contributed by atoms with E-state index in [1.807, 2.05) is 27.7 Å². The van der Waals surface area contributed by atoms with Gasteiger partial charge in [0.05, 0.1) is 19.8 Å². The molecule has 0 amide bonds. The van der Waals surface area contributed by atoms with Gasteiger partial charge < -0.3 is 9.47 Å². The van der Waals surface area contributed by atoms with Crippen molar-refractivity contribution in [2.45, 2.75) is 27.7 Å². The minimum absolute atomic E-state index is 0.0353. The number of ether oxygens (including phenoxy) is 2. The molecule has 0 aliphatic carbocycles. The lowest BCUT2D eigenvalue weighted by Crippen LogP contribution is -2.29. The molecule has 0 aromatic rings. The zero-order chi connectivity index (χ0) is 11.2. The van der Waals surface area contributed by atoms with Crippen molar-refractivity contribution in [2.75, 3.05) is 26.9 Å². The fourth-order valence-corrected chi connectivity index (χ4v) is 1.22. The van der Waals surface area contributed by atoms with Crippen LogP contribution in [0.3, 0.4) is 0 Å². The highest BCUT2D eigenvalue weighted by Crippen LogP contribution is 2.20. The van der Waals surface area contributed by atoms with Crippen molar-refractivity contribution >= 4 is 5.78 Å². The van der Waals surface area contributed by atoms with Gasteiger partial charge in [0.1, 0.15) is 5.78 Å². The predicted octanol–water partition coefficient (Wildman–Crippen LogP) is 1.90. The average Bonchev–Trinajstić information content (AvgIpc) is 2.09. The van der Waals surface area contributed by atoms with E-state index < -0.39 is 0 Å². The largest absolute Gasteiger partial charge is 0.382 e. The van der Waals surface area contributed by atoms with Gasteiger partial charge in [-0.05, 0) is 0 Å². The third-order valence-electron chi connectivity index (χ3n) is 1.99. The summed E-state index contributed by atoms with van der Waals surface area (Å²) in [5.41, 5.74) is -0.274. The molecule has 0 aromatic heterocycles. The van der Waals surface area contributed by atoms with Crippen molar-refractivity contribution in [3.05, 3.63) is 0 Å². The molecule has 0 rings (SSSR count). The molecule has 84 valence electrons. The maximum absolute atomic E-state index is 11.7. The Bertz CT molecular complexity index is 170. The molecule has 0 aliphatic rings. The highest BCUT2D eigenvalue weighted by molar-refractivity contribution is 5.85. The molecular weight excluding hydrogens is 180 g/mol. The van der Waals surface area contributed by atoms with Crippen molar-refractivity contribution < 1.29 is 14.3 Å². The summed E-state index contributed by atoms with van der Waals surface area (Å²) in [6, 6.07) is 0. The SMILES string of the molecule is COCCOCC(C)C(=O)C(C)(C)C. The summed E-state index contributed by atoms with van der Waals surface area (Å²) in [6.45, 7) is 9.32.